The van der Waals surface area contributed by atoms with Crippen LogP contribution in [0, 0.1) is 28.7 Å². The number of amides is 1. The topological polar surface area (TPSA) is 71.3 Å². The number of hydrogen-bond acceptors (Lipinski definition) is 4. The van der Waals surface area contributed by atoms with Crippen LogP contribution in [-0.2, 0) is 4.79 Å². The van der Waals surface area contributed by atoms with E-state index in [4.69, 9.17) is 9.47 Å². The van der Waals surface area contributed by atoms with Crippen molar-refractivity contribution in [2.45, 2.75) is 40.7 Å². The van der Waals surface area contributed by atoms with Gasteiger partial charge in [0.2, 0.25) is 0 Å². The number of anilines is 1. The molecule has 0 atom stereocenters. The molecule has 0 saturated carbocycles. The van der Waals surface area contributed by atoms with Gasteiger partial charge in [0.1, 0.15) is 11.6 Å². The van der Waals surface area contributed by atoms with E-state index in [0.717, 1.165) is 14.7 Å². The van der Waals surface area contributed by atoms with E-state index in [1.54, 1.807) is 12.1 Å². The van der Waals surface area contributed by atoms with Gasteiger partial charge in [0.25, 0.3) is 5.91 Å². The zero-order chi connectivity index (χ0) is 21.6. The summed E-state index contributed by atoms with van der Waals surface area (Å²) in [6.07, 6.45) is 1.56. The van der Waals surface area contributed by atoms with Gasteiger partial charge in [-0.1, -0.05) is 12.1 Å². The normalized spacial score (nSPS) is 11.2. The van der Waals surface area contributed by atoms with Gasteiger partial charge in [0.15, 0.2) is 11.5 Å². The lowest BCUT2D eigenvalue weighted by Gasteiger charge is -2.17. The molecule has 1 N–H and O–H groups in total. The fourth-order valence-electron chi connectivity index (χ4n) is 2.68. The van der Waals surface area contributed by atoms with E-state index in [2.05, 4.69) is 27.9 Å². The number of ether oxygens (including phenoxy) is 2. The van der Waals surface area contributed by atoms with Crippen LogP contribution in [0.5, 0.6) is 11.5 Å². The van der Waals surface area contributed by atoms with Crippen LogP contribution in [0.4, 0.5) is 5.69 Å². The van der Waals surface area contributed by atoms with Gasteiger partial charge in [0, 0.05) is 5.69 Å². The van der Waals surface area contributed by atoms with Crippen molar-refractivity contribution in [2.24, 2.45) is 0 Å². The standard InChI is InChI=1S/C23H25IN2O3/c1-6-28-21-12-17(11-19(24)22(21)29-14(2)3)10-18(13-25)23(27)26-20-9-7-8-15(4)16(20)5/h7-12,14H,6H2,1-5H3,(H,26,27)/b18-10+. The highest BCUT2D eigenvalue weighted by Gasteiger charge is 2.16. The fraction of sp³-hybridized carbons (Fsp3) is 0.304. The first kappa shape index (κ1) is 22.8. The van der Waals surface area contributed by atoms with Gasteiger partial charge >= 0.3 is 0 Å². The van der Waals surface area contributed by atoms with Crippen molar-refractivity contribution in [1.29, 1.82) is 5.26 Å². The van der Waals surface area contributed by atoms with E-state index in [9.17, 15) is 10.1 Å². The molecule has 0 aromatic heterocycles. The van der Waals surface area contributed by atoms with Crippen molar-refractivity contribution in [1.82, 2.24) is 0 Å². The number of carbonyl (C=O) groups excluding carboxylic acids is 1. The Morgan fingerprint density at radius 2 is 2.03 bits per heavy atom. The average Bonchev–Trinajstić information content (AvgIpc) is 2.66. The van der Waals surface area contributed by atoms with E-state index in [-0.39, 0.29) is 11.7 Å². The Labute approximate surface area is 185 Å². The highest BCUT2D eigenvalue weighted by molar-refractivity contribution is 14.1. The second kappa shape index (κ2) is 10.3. The van der Waals surface area contributed by atoms with Crippen LogP contribution in [0.25, 0.3) is 6.08 Å². The molecule has 5 nitrogen and oxygen atoms in total. The maximum Gasteiger partial charge on any atom is 0.266 e. The third-order valence-electron chi connectivity index (χ3n) is 4.21. The van der Waals surface area contributed by atoms with Crippen LogP contribution in [0.1, 0.15) is 37.5 Å². The largest absolute Gasteiger partial charge is 0.490 e. The summed E-state index contributed by atoms with van der Waals surface area (Å²) < 4.78 is 12.4. The first-order valence-corrected chi connectivity index (χ1v) is 10.5. The Bertz CT molecular complexity index is 975. The zero-order valence-electron chi connectivity index (χ0n) is 17.3. The summed E-state index contributed by atoms with van der Waals surface area (Å²) in [6.45, 7) is 10.2. The molecular formula is C23H25IN2O3. The van der Waals surface area contributed by atoms with E-state index < -0.39 is 5.91 Å². The zero-order valence-corrected chi connectivity index (χ0v) is 19.5. The SMILES string of the molecule is CCOc1cc(/C=C(\C#N)C(=O)Nc2cccc(C)c2C)cc(I)c1OC(C)C. The molecule has 0 bridgehead atoms. The third-order valence-corrected chi connectivity index (χ3v) is 5.02. The summed E-state index contributed by atoms with van der Waals surface area (Å²) in [5.41, 5.74) is 3.45. The molecular weight excluding hydrogens is 479 g/mol. The summed E-state index contributed by atoms with van der Waals surface area (Å²) in [4.78, 5) is 12.7. The van der Waals surface area contributed by atoms with Gasteiger partial charge in [-0.15, -0.1) is 0 Å². The molecule has 0 aliphatic heterocycles. The van der Waals surface area contributed by atoms with Crippen LogP contribution >= 0.6 is 22.6 Å². The quantitative estimate of drug-likeness (QED) is 0.301. The molecule has 0 unspecified atom stereocenters. The summed E-state index contributed by atoms with van der Waals surface area (Å²) in [5, 5.41) is 12.4. The molecule has 6 heteroatoms. The Morgan fingerprint density at radius 3 is 2.66 bits per heavy atom. The molecule has 0 aliphatic rings. The molecule has 0 radical (unpaired) electrons. The predicted molar refractivity (Wildman–Crippen MR) is 124 cm³/mol. The van der Waals surface area contributed by atoms with Gasteiger partial charge in [-0.3, -0.25) is 4.79 Å². The number of benzene rings is 2. The smallest absolute Gasteiger partial charge is 0.266 e. The average molecular weight is 504 g/mol. The minimum absolute atomic E-state index is 0.00197. The first-order chi connectivity index (χ1) is 13.8. The van der Waals surface area contributed by atoms with Crippen molar-refractivity contribution < 1.29 is 14.3 Å². The summed E-state index contributed by atoms with van der Waals surface area (Å²) >= 11 is 2.17. The summed E-state index contributed by atoms with van der Waals surface area (Å²) in [7, 11) is 0. The van der Waals surface area contributed by atoms with Crippen LogP contribution in [0.3, 0.4) is 0 Å². The minimum Gasteiger partial charge on any atom is -0.490 e. The lowest BCUT2D eigenvalue weighted by Crippen LogP contribution is -2.14. The van der Waals surface area contributed by atoms with Crippen LogP contribution in [0.2, 0.25) is 0 Å². The minimum atomic E-state index is -0.448. The molecule has 0 saturated heterocycles. The Hall–Kier alpha value is -2.53. The number of rotatable bonds is 7. The van der Waals surface area contributed by atoms with Gasteiger partial charge < -0.3 is 14.8 Å². The lowest BCUT2D eigenvalue weighted by atomic mass is 10.1. The highest BCUT2D eigenvalue weighted by Crippen LogP contribution is 2.35. The molecule has 2 rings (SSSR count). The van der Waals surface area contributed by atoms with Crippen molar-refractivity contribution in [2.75, 3.05) is 11.9 Å². The van der Waals surface area contributed by atoms with Gasteiger partial charge in [-0.25, -0.2) is 0 Å². The highest BCUT2D eigenvalue weighted by atomic mass is 127. The number of hydrogen-bond donors (Lipinski definition) is 1. The Kier molecular flexibility index (Phi) is 8.09. The molecule has 0 heterocycles. The maximum absolute atomic E-state index is 12.7. The summed E-state index contributed by atoms with van der Waals surface area (Å²) in [6, 6.07) is 11.3. The molecule has 1 amide bonds. The lowest BCUT2D eigenvalue weighted by molar-refractivity contribution is -0.112. The number of nitrogens with zero attached hydrogens (tertiary/aromatic N) is 1. The second-order valence-corrected chi connectivity index (χ2v) is 7.96. The fourth-order valence-corrected chi connectivity index (χ4v) is 3.43. The maximum atomic E-state index is 12.7. The van der Waals surface area contributed by atoms with Crippen molar-refractivity contribution in [3.8, 4) is 17.6 Å². The van der Waals surface area contributed by atoms with Crippen LogP contribution in [-0.4, -0.2) is 18.6 Å². The van der Waals surface area contributed by atoms with Crippen LogP contribution in [0.15, 0.2) is 35.9 Å². The molecule has 29 heavy (non-hydrogen) atoms. The second-order valence-electron chi connectivity index (χ2n) is 6.80. The van der Waals surface area contributed by atoms with E-state index in [1.165, 1.54) is 0 Å². The van der Waals surface area contributed by atoms with E-state index in [0.29, 0.717) is 29.4 Å². The number of halogens is 1. The van der Waals surface area contributed by atoms with Gasteiger partial charge in [-0.2, -0.15) is 5.26 Å². The molecule has 0 spiro atoms. The first-order valence-electron chi connectivity index (χ1n) is 9.39. The molecule has 152 valence electrons. The number of nitrogens with one attached hydrogen (secondary N) is 1. The van der Waals surface area contributed by atoms with Crippen molar-refractivity contribution in [3.05, 3.63) is 56.2 Å². The molecule has 0 aliphatic carbocycles. The molecule has 2 aromatic carbocycles. The molecule has 2 aromatic rings. The summed E-state index contributed by atoms with van der Waals surface area (Å²) in [5.74, 6) is 0.807. The monoisotopic (exact) mass is 504 g/mol. The number of aryl methyl sites for hydroxylation is 1. The number of carbonyl (C=O) groups is 1. The number of nitriles is 1. The van der Waals surface area contributed by atoms with E-state index in [1.807, 2.05) is 65.0 Å². The van der Waals surface area contributed by atoms with Crippen molar-refractivity contribution in [3.63, 3.8) is 0 Å². The van der Waals surface area contributed by atoms with Gasteiger partial charge in [0.05, 0.1) is 16.3 Å². The van der Waals surface area contributed by atoms with Gasteiger partial charge in [-0.05, 0) is 98.2 Å². The van der Waals surface area contributed by atoms with E-state index >= 15 is 0 Å². The van der Waals surface area contributed by atoms with Crippen LogP contribution < -0.4 is 14.8 Å². The van der Waals surface area contributed by atoms with Crippen molar-refractivity contribution >= 4 is 40.3 Å². The Balaban J connectivity index is 2.37. The molecule has 0 fully saturated rings. The Morgan fingerprint density at radius 1 is 1.31 bits per heavy atom. The third kappa shape index (κ3) is 5.97. The predicted octanol–water partition coefficient (Wildman–Crippen LogP) is 5.64.